The summed E-state index contributed by atoms with van der Waals surface area (Å²) in [6.45, 7) is 2.14. The number of hydrogen-bond donors (Lipinski definition) is 2. The standard InChI is InChI=1S/C13H16N2S2/c1-10-5-2-3-6-12(10)17-9-11(15-14)13-7-4-8-16-13/h2-8,11,15H,9,14H2,1H3. The van der Waals surface area contributed by atoms with Crippen molar-refractivity contribution in [2.75, 3.05) is 5.75 Å². The largest absolute Gasteiger partial charge is 0.271 e. The van der Waals surface area contributed by atoms with Gasteiger partial charge in [0.25, 0.3) is 0 Å². The molecule has 0 radical (unpaired) electrons. The van der Waals surface area contributed by atoms with Crippen LogP contribution in [-0.4, -0.2) is 5.75 Å². The number of hydrazine groups is 1. The highest BCUT2D eigenvalue weighted by Crippen LogP contribution is 2.28. The van der Waals surface area contributed by atoms with Crippen LogP contribution in [0.5, 0.6) is 0 Å². The molecular weight excluding hydrogens is 248 g/mol. The second-order valence-electron chi connectivity index (χ2n) is 3.81. The van der Waals surface area contributed by atoms with Gasteiger partial charge in [0.05, 0.1) is 6.04 Å². The van der Waals surface area contributed by atoms with Crippen molar-refractivity contribution >= 4 is 23.1 Å². The molecule has 17 heavy (non-hydrogen) atoms. The first-order chi connectivity index (χ1) is 8.31. The number of rotatable bonds is 5. The van der Waals surface area contributed by atoms with Crippen molar-refractivity contribution in [2.24, 2.45) is 5.84 Å². The highest BCUT2D eigenvalue weighted by atomic mass is 32.2. The van der Waals surface area contributed by atoms with Gasteiger partial charge in [-0.25, -0.2) is 0 Å². The second-order valence-corrected chi connectivity index (χ2v) is 5.85. The van der Waals surface area contributed by atoms with Crippen LogP contribution in [0.4, 0.5) is 0 Å². The van der Waals surface area contributed by atoms with Crippen LogP contribution < -0.4 is 11.3 Å². The molecule has 1 aromatic carbocycles. The molecule has 0 bridgehead atoms. The van der Waals surface area contributed by atoms with Crippen molar-refractivity contribution in [1.82, 2.24) is 5.43 Å². The topological polar surface area (TPSA) is 38.0 Å². The molecule has 0 aliphatic carbocycles. The maximum atomic E-state index is 5.61. The highest BCUT2D eigenvalue weighted by Gasteiger charge is 2.11. The van der Waals surface area contributed by atoms with Crippen molar-refractivity contribution in [1.29, 1.82) is 0 Å². The normalized spacial score (nSPS) is 12.6. The molecule has 0 amide bonds. The lowest BCUT2D eigenvalue weighted by Crippen LogP contribution is -2.29. The molecule has 0 aliphatic rings. The minimum atomic E-state index is 0.222. The van der Waals surface area contributed by atoms with E-state index in [9.17, 15) is 0 Å². The third kappa shape index (κ3) is 3.33. The summed E-state index contributed by atoms with van der Waals surface area (Å²) in [5.41, 5.74) is 4.20. The van der Waals surface area contributed by atoms with E-state index in [1.54, 1.807) is 11.3 Å². The molecule has 90 valence electrons. The van der Waals surface area contributed by atoms with Gasteiger partial charge in [0.15, 0.2) is 0 Å². The van der Waals surface area contributed by atoms with Gasteiger partial charge in [-0.15, -0.1) is 23.1 Å². The number of thiophene rings is 1. The smallest absolute Gasteiger partial charge is 0.0647 e. The summed E-state index contributed by atoms with van der Waals surface area (Å²) in [4.78, 5) is 2.61. The van der Waals surface area contributed by atoms with Crippen LogP contribution in [-0.2, 0) is 0 Å². The molecule has 2 aromatic rings. The maximum Gasteiger partial charge on any atom is 0.0647 e. The summed E-state index contributed by atoms with van der Waals surface area (Å²) >= 11 is 3.58. The molecule has 2 rings (SSSR count). The molecule has 1 unspecified atom stereocenters. The Kier molecular flexibility index (Phi) is 4.62. The van der Waals surface area contributed by atoms with E-state index in [0.29, 0.717) is 0 Å². The van der Waals surface area contributed by atoms with E-state index >= 15 is 0 Å². The Bertz CT molecular complexity index is 454. The summed E-state index contributed by atoms with van der Waals surface area (Å²) in [5, 5.41) is 2.08. The Labute approximate surface area is 110 Å². The lowest BCUT2D eigenvalue weighted by Gasteiger charge is -2.14. The van der Waals surface area contributed by atoms with Gasteiger partial charge in [-0.1, -0.05) is 24.3 Å². The van der Waals surface area contributed by atoms with Crippen molar-refractivity contribution in [2.45, 2.75) is 17.9 Å². The van der Waals surface area contributed by atoms with E-state index in [2.05, 4.69) is 54.1 Å². The van der Waals surface area contributed by atoms with Crippen molar-refractivity contribution in [3.63, 3.8) is 0 Å². The lowest BCUT2D eigenvalue weighted by molar-refractivity contribution is 0.620. The van der Waals surface area contributed by atoms with E-state index in [-0.39, 0.29) is 6.04 Å². The number of nitrogens with one attached hydrogen (secondary N) is 1. The molecular formula is C13H16N2S2. The fraction of sp³-hybridized carbons (Fsp3) is 0.231. The van der Waals surface area contributed by atoms with Crippen LogP contribution in [0.25, 0.3) is 0 Å². The van der Waals surface area contributed by atoms with E-state index in [4.69, 9.17) is 5.84 Å². The van der Waals surface area contributed by atoms with Crippen LogP contribution >= 0.6 is 23.1 Å². The first-order valence-electron chi connectivity index (χ1n) is 5.49. The zero-order chi connectivity index (χ0) is 12.1. The predicted octanol–water partition coefficient (Wildman–Crippen LogP) is 3.35. The zero-order valence-corrected chi connectivity index (χ0v) is 11.4. The number of nitrogens with two attached hydrogens (primary N) is 1. The minimum Gasteiger partial charge on any atom is -0.271 e. The molecule has 0 spiro atoms. The van der Waals surface area contributed by atoms with Crippen molar-refractivity contribution in [3.8, 4) is 0 Å². The van der Waals surface area contributed by atoms with Gasteiger partial charge in [0, 0.05) is 15.5 Å². The molecule has 1 heterocycles. The summed E-state index contributed by atoms with van der Waals surface area (Å²) < 4.78 is 0. The Hall–Kier alpha value is -0.810. The molecule has 1 atom stereocenters. The van der Waals surface area contributed by atoms with Crippen LogP contribution in [0.15, 0.2) is 46.7 Å². The lowest BCUT2D eigenvalue weighted by atomic mass is 10.2. The molecule has 3 N–H and O–H groups in total. The highest BCUT2D eigenvalue weighted by molar-refractivity contribution is 7.99. The Morgan fingerprint density at radius 3 is 2.76 bits per heavy atom. The van der Waals surface area contributed by atoms with Crippen molar-refractivity contribution < 1.29 is 0 Å². The van der Waals surface area contributed by atoms with Gasteiger partial charge < -0.3 is 0 Å². The summed E-state index contributed by atoms with van der Waals surface area (Å²) in [7, 11) is 0. The Balaban J connectivity index is 2.00. The number of aryl methyl sites for hydroxylation is 1. The molecule has 0 aliphatic heterocycles. The zero-order valence-electron chi connectivity index (χ0n) is 9.72. The maximum absolute atomic E-state index is 5.61. The average molecular weight is 264 g/mol. The Morgan fingerprint density at radius 2 is 2.12 bits per heavy atom. The van der Waals surface area contributed by atoms with Gasteiger partial charge in [-0.3, -0.25) is 11.3 Å². The predicted molar refractivity (Wildman–Crippen MR) is 76.3 cm³/mol. The van der Waals surface area contributed by atoms with E-state index < -0.39 is 0 Å². The van der Waals surface area contributed by atoms with Gasteiger partial charge in [-0.2, -0.15) is 0 Å². The number of hydrogen-bond acceptors (Lipinski definition) is 4. The molecule has 0 saturated heterocycles. The molecule has 0 fully saturated rings. The van der Waals surface area contributed by atoms with Crippen LogP contribution in [0, 0.1) is 6.92 Å². The third-order valence-corrected chi connectivity index (χ3v) is 4.84. The molecule has 4 heteroatoms. The van der Waals surface area contributed by atoms with Gasteiger partial charge in [-0.05, 0) is 30.0 Å². The van der Waals surface area contributed by atoms with Gasteiger partial charge in [0.1, 0.15) is 0 Å². The molecule has 1 aromatic heterocycles. The first-order valence-corrected chi connectivity index (χ1v) is 7.35. The quantitative estimate of drug-likeness (QED) is 0.494. The SMILES string of the molecule is Cc1ccccc1SCC(NN)c1cccs1. The molecule has 2 nitrogen and oxygen atoms in total. The average Bonchev–Trinajstić information content (AvgIpc) is 2.86. The van der Waals surface area contributed by atoms with E-state index in [1.165, 1.54) is 15.3 Å². The first kappa shape index (κ1) is 12.6. The fourth-order valence-electron chi connectivity index (χ4n) is 1.59. The molecule has 0 saturated carbocycles. The second kappa shape index (κ2) is 6.21. The van der Waals surface area contributed by atoms with Gasteiger partial charge >= 0.3 is 0 Å². The van der Waals surface area contributed by atoms with Crippen LogP contribution in [0.1, 0.15) is 16.5 Å². The fourth-order valence-corrected chi connectivity index (χ4v) is 3.58. The van der Waals surface area contributed by atoms with Crippen LogP contribution in [0.3, 0.4) is 0 Å². The summed E-state index contributed by atoms with van der Waals surface area (Å²) in [5.74, 6) is 6.56. The number of benzene rings is 1. The third-order valence-electron chi connectivity index (χ3n) is 2.59. The monoisotopic (exact) mass is 264 g/mol. The van der Waals surface area contributed by atoms with E-state index in [1.807, 2.05) is 11.8 Å². The summed E-state index contributed by atoms with van der Waals surface area (Å²) in [6, 6.07) is 12.8. The van der Waals surface area contributed by atoms with Crippen LogP contribution in [0.2, 0.25) is 0 Å². The van der Waals surface area contributed by atoms with Gasteiger partial charge in [0.2, 0.25) is 0 Å². The number of thioether (sulfide) groups is 1. The van der Waals surface area contributed by atoms with Crippen molar-refractivity contribution in [3.05, 3.63) is 52.2 Å². The Morgan fingerprint density at radius 1 is 1.29 bits per heavy atom. The summed E-state index contributed by atoms with van der Waals surface area (Å²) in [6.07, 6.45) is 0. The van der Waals surface area contributed by atoms with E-state index in [0.717, 1.165) is 5.75 Å². The minimum absolute atomic E-state index is 0.222.